The van der Waals surface area contributed by atoms with Crippen molar-refractivity contribution in [2.24, 2.45) is 10.1 Å². The van der Waals surface area contributed by atoms with Crippen molar-refractivity contribution >= 4 is 39.8 Å². The number of unbranched alkanes of at least 4 members (excludes halogenated alkanes) is 4. The van der Waals surface area contributed by atoms with Crippen molar-refractivity contribution in [3.05, 3.63) is 58.4 Å². The third-order valence-electron chi connectivity index (χ3n) is 6.58. The third kappa shape index (κ3) is 5.35. The van der Waals surface area contributed by atoms with Gasteiger partial charge in [0.1, 0.15) is 5.04 Å². The number of aromatic nitrogens is 1. The van der Waals surface area contributed by atoms with Crippen LogP contribution in [0, 0.1) is 19.3 Å². The van der Waals surface area contributed by atoms with Gasteiger partial charge in [-0.3, -0.25) is 10.2 Å². The number of nitrogens with zero attached hydrogens (tertiary/aromatic N) is 4. The standard InChI is InChI=1S/C28H35N5OS/c1-6-7-8-9-10-11-25-31-33-26(29)24(27(34)30-28(33)35-25)17-22-16-19(4)32(20(22)5)23-14-12-21(13-15-23)18(2)3/h12-18,29H,6-11H2,1-5H3/b24-17+,29-26?. The summed E-state index contributed by atoms with van der Waals surface area (Å²) >= 11 is 1.42. The van der Waals surface area contributed by atoms with E-state index in [-0.39, 0.29) is 17.3 Å². The monoisotopic (exact) mass is 489 g/mol. The Morgan fingerprint density at radius 3 is 2.49 bits per heavy atom. The van der Waals surface area contributed by atoms with Gasteiger partial charge in [-0.1, -0.05) is 58.6 Å². The first-order valence-electron chi connectivity index (χ1n) is 12.6. The second-order valence-corrected chi connectivity index (χ2v) is 10.6. The molecule has 0 fully saturated rings. The highest BCUT2D eigenvalue weighted by molar-refractivity contribution is 8.26. The topological polar surface area (TPSA) is 73.8 Å². The molecular weight excluding hydrogens is 454 g/mol. The van der Waals surface area contributed by atoms with Crippen LogP contribution in [0.25, 0.3) is 11.8 Å². The van der Waals surface area contributed by atoms with E-state index in [1.54, 1.807) is 6.08 Å². The van der Waals surface area contributed by atoms with Crippen LogP contribution in [0.3, 0.4) is 0 Å². The maximum Gasteiger partial charge on any atom is 0.283 e. The molecule has 0 aliphatic carbocycles. The van der Waals surface area contributed by atoms with Gasteiger partial charge in [-0.05, 0) is 79.8 Å². The summed E-state index contributed by atoms with van der Waals surface area (Å²) in [6.07, 6.45) is 8.62. The maximum atomic E-state index is 12.9. The summed E-state index contributed by atoms with van der Waals surface area (Å²) in [7, 11) is 0. The first-order valence-corrected chi connectivity index (χ1v) is 13.4. The summed E-state index contributed by atoms with van der Waals surface area (Å²) in [4.78, 5) is 17.1. The zero-order chi connectivity index (χ0) is 25.1. The number of aryl methyl sites for hydroxylation is 1. The van der Waals surface area contributed by atoms with Crippen LogP contribution in [0.5, 0.6) is 0 Å². The van der Waals surface area contributed by atoms with Gasteiger partial charge in [0.2, 0.25) is 5.17 Å². The molecule has 0 saturated carbocycles. The summed E-state index contributed by atoms with van der Waals surface area (Å²) in [5.74, 6) is 0.205. The molecule has 6 nitrogen and oxygen atoms in total. The van der Waals surface area contributed by atoms with Gasteiger partial charge in [-0.15, -0.1) is 0 Å². The number of hydrogen-bond donors (Lipinski definition) is 1. The van der Waals surface area contributed by atoms with E-state index >= 15 is 0 Å². The molecule has 1 N–H and O–H groups in total. The molecule has 0 spiro atoms. The van der Waals surface area contributed by atoms with Gasteiger partial charge in [0, 0.05) is 17.1 Å². The van der Waals surface area contributed by atoms with Crippen molar-refractivity contribution in [3.63, 3.8) is 0 Å². The average Bonchev–Trinajstić information content (AvgIpc) is 3.36. The van der Waals surface area contributed by atoms with E-state index in [9.17, 15) is 4.79 Å². The van der Waals surface area contributed by atoms with Gasteiger partial charge >= 0.3 is 0 Å². The van der Waals surface area contributed by atoms with E-state index in [2.05, 4.69) is 72.7 Å². The average molecular weight is 490 g/mol. The number of fused-ring (bicyclic) bond motifs is 1. The number of amides is 1. The first-order chi connectivity index (χ1) is 16.8. The van der Waals surface area contributed by atoms with Crippen LogP contribution in [-0.2, 0) is 4.79 Å². The van der Waals surface area contributed by atoms with E-state index in [4.69, 9.17) is 5.41 Å². The molecule has 3 heterocycles. The number of carbonyl (C=O) groups excluding carboxylic acids is 1. The van der Waals surface area contributed by atoms with Crippen LogP contribution in [-0.4, -0.2) is 31.5 Å². The molecule has 1 aromatic carbocycles. The molecule has 0 radical (unpaired) electrons. The minimum Gasteiger partial charge on any atom is -0.318 e. The van der Waals surface area contributed by atoms with Gasteiger partial charge in [0.05, 0.1) is 5.57 Å². The van der Waals surface area contributed by atoms with Gasteiger partial charge in [-0.25, -0.2) is 0 Å². The predicted molar refractivity (Wildman–Crippen MR) is 148 cm³/mol. The first kappa shape index (κ1) is 25.2. The van der Waals surface area contributed by atoms with Crippen LogP contribution in [0.4, 0.5) is 0 Å². The van der Waals surface area contributed by atoms with Crippen LogP contribution < -0.4 is 0 Å². The number of benzene rings is 1. The van der Waals surface area contributed by atoms with Crippen molar-refractivity contribution in [3.8, 4) is 5.69 Å². The molecule has 2 aliphatic rings. The Labute approximate surface area is 212 Å². The molecule has 0 bridgehead atoms. The van der Waals surface area contributed by atoms with E-state index in [1.165, 1.54) is 48.0 Å². The highest BCUT2D eigenvalue weighted by atomic mass is 32.2. The van der Waals surface area contributed by atoms with Crippen molar-refractivity contribution < 1.29 is 4.79 Å². The second-order valence-electron chi connectivity index (χ2n) is 9.59. The Balaban J connectivity index is 1.55. The molecule has 1 aromatic heterocycles. The number of aliphatic imine (C=N–C) groups is 1. The Morgan fingerprint density at radius 2 is 1.80 bits per heavy atom. The minimum atomic E-state index is -0.376. The van der Waals surface area contributed by atoms with Crippen LogP contribution in [0.1, 0.15) is 87.7 Å². The number of carbonyl (C=O) groups is 1. The summed E-state index contributed by atoms with van der Waals surface area (Å²) in [5.41, 5.74) is 5.67. The Morgan fingerprint density at radius 1 is 1.09 bits per heavy atom. The SMILES string of the molecule is CCCCCCCC1=NN2C(=N)/C(=C\c3cc(C)n(-c4ccc(C(C)C)cc4)c3C)C(=O)N=C2S1. The van der Waals surface area contributed by atoms with Crippen LogP contribution >= 0.6 is 11.8 Å². The van der Waals surface area contributed by atoms with Gasteiger partial charge < -0.3 is 4.57 Å². The lowest BCUT2D eigenvalue weighted by atomic mass is 10.0. The van der Waals surface area contributed by atoms with Crippen molar-refractivity contribution in [1.29, 1.82) is 5.41 Å². The van der Waals surface area contributed by atoms with E-state index in [1.807, 2.05) is 6.92 Å². The minimum absolute atomic E-state index is 0.0968. The lowest BCUT2D eigenvalue weighted by molar-refractivity contribution is -0.114. The molecule has 0 saturated heterocycles. The molecule has 35 heavy (non-hydrogen) atoms. The third-order valence-corrected chi connectivity index (χ3v) is 7.55. The number of thioether (sulfide) groups is 1. The van der Waals surface area contributed by atoms with Crippen molar-refractivity contribution in [1.82, 2.24) is 9.58 Å². The summed E-state index contributed by atoms with van der Waals surface area (Å²) in [5, 5.41) is 16.3. The largest absolute Gasteiger partial charge is 0.318 e. The van der Waals surface area contributed by atoms with Gasteiger partial charge in [-0.2, -0.15) is 15.1 Å². The molecule has 7 heteroatoms. The molecule has 0 atom stereocenters. The molecule has 0 unspecified atom stereocenters. The van der Waals surface area contributed by atoms with Crippen LogP contribution in [0.15, 0.2) is 46.0 Å². The summed E-state index contributed by atoms with van der Waals surface area (Å²) < 4.78 is 2.18. The molecule has 1 amide bonds. The number of hydrogen-bond acceptors (Lipinski definition) is 4. The van der Waals surface area contributed by atoms with Crippen molar-refractivity contribution in [2.75, 3.05) is 0 Å². The van der Waals surface area contributed by atoms with Gasteiger partial charge in [0.15, 0.2) is 5.84 Å². The number of amidine groups is 2. The highest BCUT2D eigenvalue weighted by Crippen LogP contribution is 2.31. The summed E-state index contributed by atoms with van der Waals surface area (Å²) in [6, 6.07) is 10.7. The zero-order valence-electron chi connectivity index (χ0n) is 21.4. The lowest BCUT2D eigenvalue weighted by Gasteiger charge is -2.20. The maximum absolute atomic E-state index is 12.9. The number of hydrazone groups is 1. The number of nitrogens with one attached hydrogen (secondary N) is 1. The zero-order valence-corrected chi connectivity index (χ0v) is 22.2. The second kappa shape index (κ2) is 10.8. The molecular formula is C28H35N5OS. The Kier molecular flexibility index (Phi) is 7.75. The fourth-order valence-electron chi connectivity index (χ4n) is 4.51. The lowest BCUT2D eigenvalue weighted by Crippen LogP contribution is -2.35. The van der Waals surface area contributed by atoms with E-state index in [0.717, 1.165) is 40.5 Å². The number of rotatable bonds is 9. The van der Waals surface area contributed by atoms with Gasteiger partial charge in [0.25, 0.3) is 5.91 Å². The Bertz CT molecular complexity index is 1220. The van der Waals surface area contributed by atoms with Crippen LogP contribution in [0.2, 0.25) is 0 Å². The molecule has 184 valence electrons. The quantitative estimate of drug-likeness (QED) is 0.299. The molecule has 2 aliphatic heterocycles. The molecule has 2 aromatic rings. The Hall–Kier alpha value is -2.93. The molecule has 4 rings (SSSR count). The summed E-state index contributed by atoms with van der Waals surface area (Å²) in [6.45, 7) is 10.7. The fourth-order valence-corrected chi connectivity index (χ4v) is 5.43. The normalized spacial score (nSPS) is 16.9. The van der Waals surface area contributed by atoms with Crippen molar-refractivity contribution in [2.45, 2.75) is 79.1 Å². The van der Waals surface area contributed by atoms with E-state index in [0.29, 0.717) is 11.1 Å². The van der Waals surface area contributed by atoms with E-state index < -0.39 is 0 Å². The fraction of sp³-hybridized carbons (Fsp3) is 0.429. The smallest absolute Gasteiger partial charge is 0.283 e. The predicted octanol–water partition coefficient (Wildman–Crippen LogP) is 7.20. The highest BCUT2D eigenvalue weighted by Gasteiger charge is 2.35.